The fourth-order valence-electron chi connectivity index (χ4n) is 2.93. The lowest BCUT2D eigenvalue weighted by Crippen LogP contribution is -2.14. The minimum Gasteiger partial charge on any atom is -0.495 e. The number of carbonyl (C=O) groups is 1. The lowest BCUT2D eigenvalue weighted by Gasteiger charge is -2.09. The van der Waals surface area contributed by atoms with Gasteiger partial charge in [0, 0.05) is 5.56 Å². The molecule has 0 aliphatic rings. The first kappa shape index (κ1) is 21.0. The molecule has 0 radical (unpaired) electrons. The van der Waals surface area contributed by atoms with Crippen LogP contribution in [0.25, 0.3) is 21.1 Å². The van der Waals surface area contributed by atoms with Crippen LogP contribution in [0, 0.1) is 6.92 Å². The molecule has 0 atom stereocenters. The largest absolute Gasteiger partial charge is 0.495 e. The van der Waals surface area contributed by atoms with E-state index in [0.29, 0.717) is 16.5 Å². The van der Waals surface area contributed by atoms with Crippen LogP contribution in [-0.2, 0) is 4.79 Å². The third-order valence-corrected chi connectivity index (χ3v) is 6.57. The average molecular weight is 449 g/mol. The Kier molecular flexibility index (Phi) is 6.59. The van der Waals surface area contributed by atoms with E-state index < -0.39 is 0 Å². The van der Waals surface area contributed by atoms with Crippen LogP contribution in [0.2, 0.25) is 0 Å². The highest BCUT2D eigenvalue weighted by molar-refractivity contribution is 7.99. The summed E-state index contributed by atoms with van der Waals surface area (Å²) in [5, 5.41) is 13.1. The summed E-state index contributed by atoms with van der Waals surface area (Å²) >= 11 is 2.93. The third-order valence-electron chi connectivity index (χ3n) is 4.42. The molecule has 0 bridgehead atoms. The van der Waals surface area contributed by atoms with Gasteiger partial charge in [-0.25, -0.2) is 4.98 Å². The predicted molar refractivity (Wildman–Crippen MR) is 126 cm³/mol. The van der Waals surface area contributed by atoms with E-state index in [1.807, 2.05) is 61.5 Å². The second kappa shape index (κ2) is 9.72. The van der Waals surface area contributed by atoms with Crippen LogP contribution in [0.15, 0.2) is 71.8 Å². The van der Waals surface area contributed by atoms with E-state index in [4.69, 9.17) is 4.74 Å². The van der Waals surface area contributed by atoms with E-state index >= 15 is 0 Å². The van der Waals surface area contributed by atoms with Crippen molar-refractivity contribution in [3.05, 3.63) is 72.4 Å². The van der Waals surface area contributed by atoms with Gasteiger partial charge in [0.15, 0.2) is 0 Å². The van der Waals surface area contributed by atoms with Crippen molar-refractivity contribution in [2.45, 2.75) is 11.9 Å². The number of aryl methyl sites for hydroxylation is 1. The molecule has 0 aliphatic heterocycles. The van der Waals surface area contributed by atoms with Crippen molar-refractivity contribution in [2.24, 2.45) is 0 Å². The molecule has 4 aromatic rings. The van der Waals surface area contributed by atoms with Crippen molar-refractivity contribution in [1.82, 2.24) is 15.2 Å². The number of amides is 1. The zero-order valence-corrected chi connectivity index (χ0v) is 18.7. The first-order valence-electron chi connectivity index (χ1n) is 9.56. The van der Waals surface area contributed by atoms with Gasteiger partial charge in [-0.2, -0.15) is 0 Å². The fourth-order valence-corrected chi connectivity index (χ4v) is 4.58. The van der Waals surface area contributed by atoms with E-state index in [2.05, 4.69) is 20.5 Å². The Balaban J connectivity index is 1.40. The molecule has 0 spiro atoms. The summed E-state index contributed by atoms with van der Waals surface area (Å²) in [6.45, 7) is 1.98. The molecular formula is C23H20N4O2S2. The van der Waals surface area contributed by atoms with Crippen LogP contribution < -0.4 is 10.1 Å². The van der Waals surface area contributed by atoms with Gasteiger partial charge < -0.3 is 10.1 Å². The lowest BCUT2D eigenvalue weighted by molar-refractivity contribution is -0.113. The van der Waals surface area contributed by atoms with E-state index in [-0.39, 0.29) is 11.7 Å². The number of anilines is 1. The maximum absolute atomic E-state index is 12.3. The number of methoxy groups -OCH3 is 1. The SMILES string of the molecule is COc1ccccc1NC(=O)CSc1ccc(-c2sc(-c3ccccc3)nc2C)nn1. The molecule has 6 nitrogen and oxygen atoms in total. The highest BCUT2D eigenvalue weighted by atomic mass is 32.2. The van der Waals surface area contributed by atoms with Gasteiger partial charge in [0.2, 0.25) is 5.91 Å². The third kappa shape index (κ3) is 5.10. The number of benzene rings is 2. The number of thioether (sulfide) groups is 1. The van der Waals surface area contributed by atoms with E-state index in [1.165, 1.54) is 11.8 Å². The summed E-state index contributed by atoms with van der Waals surface area (Å²) in [4.78, 5) is 18.0. The normalized spacial score (nSPS) is 10.6. The van der Waals surface area contributed by atoms with Crippen molar-refractivity contribution in [3.8, 4) is 26.9 Å². The second-order valence-electron chi connectivity index (χ2n) is 6.59. The molecule has 1 N–H and O–H groups in total. The van der Waals surface area contributed by atoms with Gasteiger partial charge in [0.1, 0.15) is 21.5 Å². The molecule has 2 heterocycles. The van der Waals surface area contributed by atoms with E-state index in [0.717, 1.165) is 26.8 Å². The number of rotatable bonds is 7. The molecule has 2 aromatic carbocycles. The van der Waals surface area contributed by atoms with E-state index in [9.17, 15) is 4.79 Å². The molecule has 0 fully saturated rings. The monoisotopic (exact) mass is 448 g/mol. The van der Waals surface area contributed by atoms with Crippen LogP contribution in [0.1, 0.15) is 5.69 Å². The van der Waals surface area contributed by atoms with Gasteiger partial charge >= 0.3 is 0 Å². The maximum atomic E-state index is 12.3. The van der Waals surface area contributed by atoms with Crippen LogP contribution >= 0.6 is 23.1 Å². The Morgan fingerprint density at radius 1 is 1.03 bits per heavy atom. The van der Waals surface area contributed by atoms with Gasteiger partial charge in [-0.3, -0.25) is 4.79 Å². The van der Waals surface area contributed by atoms with E-state index in [1.54, 1.807) is 30.6 Å². The van der Waals surface area contributed by atoms with Crippen LogP contribution in [0.4, 0.5) is 5.69 Å². The maximum Gasteiger partial charge on any atom is 0.234 e. The number of carbonyl (C=O) groups excluding carboxylic acids is 1. The molecule has 2 aromatic heterocycles. The number of nitrogens with one attached hydrogen (secondary N) is 1. The van der Waals surface area contributed by atoms with Crippen LogP contribution in [0.3, 0.4) is 0 Å². The molecular weight excluding hydrogens is 428 g/mol. The number of hydrogen-bond donors (Lipinski definition) is 1. The number of nitrogens with zero attached hydrogens (tertiary/aromatic N) is 3. The Labute approximate surface area is 188 Å². The molecule has 0 saturated heterocycles. The standard InChI is InChI=1S/C23H20N4O2S2/c1-15-22(31-23(24-15)16-8-4-3-5-9-16)18-12-13-21(27-26-18)30-14-20(28)25-17-10-6-7-11-19(17)29-2/h3-13H,14H2,1-2H3,(H,25,28). The first-order valence-corrected chi connectivity index (χ1v) is 11.4. The van der Waals surface area contributed by atoms with Crippen molar-refractivity contribution >= 4 is 34.7 Å². The zero-order chi connectivity index (χ0) is 21.6. The first-order chi connectivity index (χ1) is 15.1. The zero-order valence-electron chi connectivity index (χ0n) is 17.0. The minimum absolute atomic E-state index is 0.133. The number of thiazole rings is 1. The molecule has 0 unspecified atom stereocenters. The topological polar surface area (TPSA) is 77.0 Å². The van der Waals surface area contributed by atoms with Gasteiger partial charge in [0.25, 0.3) is 0 Å². The molecule has 8 heteroatoms. The average Bonchev–Trinajstić information content (AvgIpc) is 3.20. The predicted octanol–water partition coefficient (Wildman–Crippen LogP) is 5.31. The molecule has 4 rings (SSSR count). The highest BCUT2D eigenvalue weighted by Crippen LogP contribution is 2.34. The summed E-state index contributed by atoms with van der Waals surface area (Å²) in [6, 6.07) is 21.2. The molecule has 0 saturated carbocycles. The number of para-hydroxylation sites is 2. The summed E-state index contributed by atoms with van der Waals surface area (Å²) in [5.74, 6) is 0.718. The van der Waals surface area contributed by atoms with Gasteiger partial charge in [-0.05, 0) is 31.2 Å². The van der Waals surface area contributed by atoms with Gasteiger partial charge in [0.05, 0.1) is 29.1 Å². The summed E-state index contributed by atoms with van der Waals surface area (Å²) in [5.41, 5.74) is 3.43. The van der Waals surface area contributed by atoms with Crippen LogP contribution in [-0.4, -0.2) is 34.0 Å². The Morgan fingerprint density at radius 2 is 1.81 bits per heavy atom. The van der Waals surface area contributed by atoms with Crippen molar-refractivity contribution in [2.75, 3.05) is 18.2 Å². The fraction of sp³-hybridized carbons (Fsp3) is 0.130. The van der Waals surface area contributed by atoms with Crippen molar-refractivity contribution in [3.63, 3.8) is 0 Å². The van der Waals surface area contributed by atoms with Gasteiger partial charge in [-0.1, -0.05) is 54.2 Å². The minimum atomic E-state index is -0.133. The van der Waals surface area contributed by atoms with Gasteiger partial charge in [-0.15, -0.1) is 21.5 Å². The van der Waals surface area contributed by atoms with Crippen molar-refractivity contribution < 1.29 is 9.53 Å². The Bertz CT molecular complexity index is 1180. The molecule has 1 amide bonds. The quantitative estimate of drug-likeness (QED) is 0.386. The highest BCUT2D eigenvalue weighted by Gasteiger charge is 2.13. The smallest absolute Gasteiger partial charge is 0.234 e. The molecule has 156 valence electrons. The molecule has 0 aliphatic carbocycles. The van der Waals surface area contributed by atoms with Crippen LogP contribution in [0.5, 0.6) is 5.75 Å². The number of hydrogen-bond acceptors (Lipinski definition) is 7. The summed E-state index contributed by atoms with van der Waals surface area (Å²) in [7, 11) is 1.57. The Morgan fingerprint density at radius 3 is 2.55 bits per heavy atom. The number of ether oxygens (including phenoxy) is 1. The summed E-state index contributed by atoms with van der Waals surface area (Å²) < 4.78 is 5.26. The number of aromatic nitrogens is 3. The van der Waals surface area contributed by atoms with Crippen molar-refractivity contribution in [1.29, 1.82) is 0 Å². The second-order valence-corrected chi connectivity index (χ2v) is 8.59. The molecule has 31 heavy (non-hydrogen) atoms. The summed E-state index contributed by atoms with van der Waals surface area (Å²) in [6.07, 6.45) is 0. The Hall–Kier alpha value is -3.23. The lowest BCUT2D eigenvalue weighted by atomic mass is 10.2.